The van der Waals surface area contributed by atoms with Crippen molar-refractivity contribution in [2.45, 2.75) is 47.5 Å². The fourth-order valence-electron chi connectivity index (χ4n) is 5.24. The number of aromatic carboxylic acids is 1. The number of carboxylic acid groups (broad SMARTS) is 1. The van der Waals surface area contributed by atoms with Gasteiger partial charge in [-0.05, 0) is 73.4 Å². The van der Waals surface area contributed by atoms with Gasteiger partial charge in [-0.2, -0.15) is 5.10 Å². The van der Waals surface area contributed by atoms with Crippen LogP contribution in [0.15, 0.2) is 54.6 Å². The molecule has 4 aromatic rings. The molecule has 0 bridgehead atoms. The van der Waals surface area contributed by atoms with E-state index in [1.165, 1.54) is 0 Å². The smallest absolute Gasteiger partial charge is 0.336 e. The van der Waals surface area contributed by atoms with Crippen LogP contribution in [0.25, 0.3) is 28.2 Å². The molecule has 1 aliphatic rings. The Morgan fingerprint density at radius 1 is 1.03 bits per heavy atom. The molecule has 178 valence electrons. The molecular weight excluding hydrogens is 434 g/mol. The van der Waals surface area contributed by atoms with E-state index >= 15 is 0 Å². The van der Waals surface area contributed by atoms with Crippen molar-refractivity contribution in [3.63, 3.8) is 0 Å². The van der Waals surface area contributed by atoms with E-state index in [9.17, 15) is 9.90 Å². The van der Waals surface area contributed by atoms with Crippen LogP contribution < -0.4 is 0 Å². The van der Waals surface area contributed by atoms with E-state index in [-0.39, 0.29) is 5.41 Å². The van der Waals surface area contributed by atoms with Gasteiger partial charge in [-0.1, -0.05) is 57.2 Å². The Hall–Kier alpha value is -3.73. The van der Waals surface area contributed by atoms with Crippen molar-refractivity contribution in [1.82, 2.24) is 14.8 Å². The Labute approximate surface area is 206 Å². The number of carboxylic acids is 1. The highest BCUT2D eigenvalue weighted by Crippen LogP contribution is 2.45. The number of nitrogens with zero attached hydrogens (tertiary/aromatic N) is 3. The Morgan fingerprint density at radius 2 is 1.71 bits per heavy atom. The number of aryl methyl sites for hydroxylation is 1. The van der Waals surface area contributed by atoms with Crippen LogP contribution in [0.4, 0.5) is 0 Å². The van der Waals surface area contributed by atoms with Gasteiger partial charge >= 0.3 is 5.97 Å². The van der Waals surface area contributed by atoms with Gasteiger partial charge in [0, 0.05) is 16.6 Å². The number of allylic oxidation sites excluding steroid dienone is 1. The van der Waals surface area contributed by atoms with Crippen LogP contribution in [-0.2, 0) is 6.42 Å². The Bertz CT molecular complexity index is 1470. The third kappa shape index (κ3) is 4.05. The number of hydrogen-bond donors (Lipinski definition) is 1. The lowest BCUT2D eigenvalue weighted by Gasteiger charge is -2.36. The first kappa shape index (κ1) is 23.0. The van der Waals surface area contributed by atoms with Crippen LogP contribution in [0.1, 0.15) is 65.8 Å². The SMILES string of the molecule is Cc1nn(-c2ccccc2)c(C)c1/C=C1\C[C@@H](C(C)(C)C)Cc2c1nc1ccccc1c2C(=O)O. The predicted octanol–water partition coefficient (Wildman–Crippen LogP) is 6.88. The van der Waals surface area contributed by atoms with Gasteiger partial charge in [0.1, 0.15) is 0 Å². The minimum absolute atomic E-state index is 0.0243. The molecule has 0 saturated carbocycles. The van der Waals surface area contributed by atoms with Crippen molar-refractivity contribution in [3.8, 4) is 5.69 Å². The monoisotopic (exact) mass is 465 g/mol. The van der Waals surface area contributed by atoms with Crippen LogP contribution in [0.3, 0.4) is 0 Å². The predicted molar refractivity (Wildman–Crippen MR) is 141 cm³/mol. The van der Waals surface area contributed by atoms with Crippen molar-refractivity contribution in [1.29, 1.82) is 0 Å². The summed E-state index contributed by atoms with van der Waals surface area (Å²) in [5, 5.41) is 15.8. The molecule has 0 saturated heterocycles. The maximum Gasteiger partial charge on any atom is 0.336 e. The van der Waals surface area contributed by atoms with Crippen LogP contribution in [0, 0.1) is 25.2 Å². The minimum Gasteiger partial charge on any atom is -0.478 e. The highest BCUT2D eigenvalue weighted by molar-refractivity contribution is 6.06. The third-order valence-corrected chi connectivity index (χ3v) is 7.32. The second-order valence-corrected chi connectivity index (χ2v) is 10.6. The van der Waals surface area contributed by atoms with Crippen LogP contribution in [0.2, 0.25) is 0 Å². The Morgan fingerprint density at radius 3 is 2.40 bits per heavy atom. The van der Waals surface area contributed by atoms with E-state index in [4.69, 9.17) is 10.1 Å². The van der Waals surface area contributed by atoms with Crippen LogP contribution in [-0.4, -0.2) is 25.8 Å². The van der Waals surface area contributed by atoms with Gasteiger partial charge < -0.3 is 5.11 Å². The van der Waals surface area contributed by atoms with Crippen LogP contribution in [0.5, 0.6) is 0 Å². The second kappa shape index (κ2) is 8.49. The number of rotatable bonds is 3. The fourth-order valence-corrected chi connectivity index (χ4v) is 5.24. The summed E-state index contributed by atoms with van der Waals surface area (Å²) >= 11 is 0. The summed E-state index contributed by atoms with van der Waals surface area (Å²) in [6.07, 6.45) is 3.74. The topological polar surface area (TPSA) is 68.0 Å². The summed E-state index contributed by atoms with van der Waals surface area (Å²) in [7, 11) is 0. The van der Waals surface area contributed by atoms with E-state index in [0.29, 0.717) is 23.3 Å². The number of hydrogen-bond acceptors (Lipinski definition) is 3. The first-order chi connectivity index (χ1) is 16.6. The quantitative estimate of drug-likeness (QED) is 0.358. The molecule has 0 radical (unpaired) electrons. The lowest BCUT2D eigenvalue weighted by atomic mass is 9.69. The first-order valence-corrected chi connectivity index (χ1v) is 12.1. The molecule has 1 atom stereocenters. The third-order valence-electron chi connectivity index (χ3n) is 7.32. The number of benzene rings is 2. The zero-order valence-electron chi connectivity index (χ0n) is 21.0. The fraction of sp³-hybridized carbons (Fsp3) is 0.300. The van der Waals surface area contributed by atoms with Gasteiger partial charge in [0.2, 0.25) is 0 Å². The van der Waals surface area contributed by atoms with Gasteiger partial charge in [-0.15, -0.1) is 0 Å². The van der Waals surface area contributed by atoms with E-state index in [1.54, 1.807) is 0 Å². The lowest BCUT2D eigenvalue weighted by Crippen LogP contribution is -2.28. The van der Waals surface area contributed by atoms with Gasteiger partial charge in [-0.25, -0.2) is 14.5 Å². The summed E-state index contributed by atoms with van der Waals surface area (Å²) in [6.45, 7) is 10.8. The molecule has 2 aromatic heterocycles. The molecule has 5 nitrogen and oxygen atoms in total. The molecule has 0 amide bonds. The van der Waals surface area contributed by atoms with E-state index < -0.39 is 5.97 Å². The van der Waals surface area contributed by atoms with Gasteiger partial charge in [0.25, 0.3) is 0 Å². The molecule has 2 aromatic carbocycles. The first-order valence-electron chi connectivity index (χ1n) is 12.1. The van der Waals surface area contributed by atoms with Crippen molar-refractivity contribution < 1.29 is 9.90 Å². The van der Waals surface area contributed by atoms with Crippen molar-refractivity contribution in [3.05, 3.63) is 88.4 Å². The molecule has 0 unspecified atom stereocenters. The van der Waals surface area contributed by atoms with Crippen molar-refractivity contribution in [2.24, 2.45) is 11.3 Å². The van der Waals surface area contributed by atoms with E-state index in [0.717, 1.165) is 51.4 Å². The minimum atomic E-state index is -0.891. The lowest BCUT2D eigenvalue weighted by molar-refractivity contribution is 0.0696. The average molecular weight is 466 g/mol. The highest BCUT2D eigenvalue weighted by Gasteiger charge is 2.35. The van der Waals surface area contributed by atoms with Crippen LogP contribution >= 0.6 is 0 Å². The summed E-state index contributed by atoms with van der Waals surface area (Å²) in [4.78, 5) is 17.5. The van der Waals surface area contributed by atoms with E-state index in [1.807, 2.05) is 54.1 Å². The molecular formula is C30H31N3O2. The number of fused-ring (bicyclic) bond motifs is 2. The average Bonchev–Trinajstić information content (AvgIpc) is 3.10. The molecule has 2 heterocycles. The summed E-state index contributed by atoms with van der Waals surface area (Å²) < 4.78 is 1.98. The molecule has 1 aliphatic carbocycles. The Kier molecular flexibility index (Phi) is 5.59. The second-order valence-electron chi connectivity index (χ2n) is 10.6. The largest absolute Gasteiger partial charge is 0.478 e. The molecule has 1 N–H and O–H groups in total. The molecule has 0 fully saturated rings. The molecule has 0 aliphatic heterocycles. The number of para-hydroxylation sites is 2. The van der Waals surface area contributed by atoms with Gasteiger partial charge in [-0.3, -0.25) is 0 Å². The molecule has 5 heteroatoms. The maximum atomic E-state index is 12.5. The normalized spacial score (nSPS) is 17.1. The van der Waals surface area contributed by atoms with Gasteiger partial charge in [0.05, 0.1) is 28.2 Å². The zero-order valence-corrected chi connectivity index (χ0v) is 21.0. The van der Waals surface area contributed by atoms with Gasteiger partial charge in [0.15, 0.2) is 0 Å². The summed E-state index contributed by atoms with van der Waals surface area (Å²) in [6, 6.07) is 17.7. The summed E-state index contributed by atoms with van der Waals surface area (Å²) in [5.41, 5.74) is 7.96. The molecule has 35 heavy (non-hydrogen) atoms. The standard InChI is InChI=1S/C30H31N3O2/c1-18-24(19(2)33(32-18)22-11-7-6-8-12-22)16-20-15-21(30(3,4)5)17-25-27(29(34)35)23-13-9-10-14-26(23)31-28(20)25/h6-14,16,21H,15,17H2,1-5H3,(H,34,35)/b20-16+/t21-/m1/s1. The van der Waals surface area contributed by atoms with Crippen molar-refractivity contribution in [2.75, 3.05) is 0 Å². The van der Waals surface area contributed by atoms with E-state index in [2.05, 4.69) is 45.9 Å². The maximum absolute atomic E-state index is 12.5. The number of pyridine rings is 1. The zero-order chi connectivity index (χ0) is 24.9. The van der Waals surface area contributed by atoms with Crippen molar-refractivity contribution >= 4 is 28.5 Å². The summed E-state index contributed by atoms with van der Waals surface area (Å²) in [5.74, 6) is -0.592. The number of carbonyl (C=O) groups is 1. The molecule has 0 spiro atoms. The highest BCUT2D eigenvalue weighted by atomic mass is 16.4. The molecule has 5 rings (SSSR count). The number of aromatic nitrogens is 3. The Balaban J connectivity index is 1.75.